The molecule has 0 N–H and O–H groups in total. The molecule has 4 saturated carbocycles. The number of carbonyl (C=O) groups excluding carboxylic acids is 2. The summed E-state index contributed by atoms with van der Waals surface area (Å²) in [4.78, 5) is 25.7. The molecule has 0 saturated heterocycles. The molecule has 4 aliphatic carbocycles. The number of hydrogen-bond donors (Lipinski definition) is 0. The molecule has 0 radical (unpaired) electrons. The molecule has 1 aromatic rings. The van der Waals surface area contributed by atoms with Crippen molar-refractivity contribution in [3.05, 3.63) is 35.4 Å². The van der Waals surface area contributed by atoms with Crippen LogP contribution in [0, 0.1) is 23.7 Å². The molecule has 0 unspecified atom stereocenters. The summed E-state index contributed by atoms with van der Waals surface area (Å²) in [6.07, 6.45) is 14.4. The molecule has 4 bridgehead atoms. The van der Waals surface area contributed by atoms with Gasteiger partial charge >= 0.3 is 11.9 Å². The second-order valence-corrected chi connectivity index (χ2v) is 10.1. The quantitative estimate of drug-likeness (QED) is 0.296. The zero-order valence-corrected chi connectivity index (χ0v) is 19.0. The van der Waals surface area contributed by atoms with Crippen LogP contribution in [-0.2, 0) is 9.47 Å². The molecule has 1 aromatic carbocycles. The van der Waals surface area contributed by atoms with Crippen LogP contribution in [0.15, 0.2) is 24.3 Å². The molecule has 0 aliphatic heterocycles. The minimum Gasteiger partial charge on any atom is -0.462 e. The first kappa shape index (κ1) is 22.4. The van der Waals surface area contributed by atoms with Gasteiger partial charge in [-0.1, -0.05) is 57.6 Å². The van der Waals surface area contributed by atoms with Gasteiger partial charge in [0.05, 0.1) is 17.7 Å². The molecule has 0 aromatic heterocycles. The minimum atomic E-state index is -0.413. The summed E-state index contributed by atoms with van der Waals surface area (Å²) >= 11 is 0. The standard InChI is InChI=1S/C27H38O4/c1-2-3-4-5-6-7-10-13-30-26(28)23-11-8-9-12-24(23)27(29)31-25-21-15-19-14-20(17-21)18-22(25)16-19/h8-9,11-12,19-22,25H,2-7,10,13-18H2,1H3. The van der Waals surface area contributed by atoms with Crippen LogP contribution in [0.4, 0.5) is 0 Å². The third-order valence-electron chi connectivity index (χ3n) is 7.73. The van der Waals surface area contributed by atoms with Gasteiger partial charge in [0, 0.05) is 0 Å². The first-order valence-corrected chi connectivity index (χ1v) is 12.6. The average molecular weight is 427 g/mol. The number of rotatable bonds is 11. The van der Waals surface area contributed by atoms with E-state index in [0.717, 1.165) is 24.7 Å². The van der Waals surface area contributed by atoms with Crippen LogP contribution < -0.4 is 0 Å². The Morgan fingerprint density at radius 3 is 1.94 bits per heavy atom. The molecule has 0 amide bonds. The summed E-state index contributed by atoms with van der Waals surface area (Å²) in [5.41, 5.74) is 0.681. The van der Waals surface area contributed by atoms with Crippen LogP contribution >= 0.6 is 0 Å². The second-order valence-electron chi connectivity index (χ2n) is 10.1. The van der Waals surface area contributed by atoms with Gasteiger partial charge in [0.2, 0.25) is 0 Å². The molecular weight excluding hydrogens is 388 g/mol. The number of carbonyl (C=O) groups is 2. The van der Waals surface area contributed by atoms with E-state index in [9.17, 15) is 9.59 Å². The van der Waals surface area contributed by atoms with Crippen molar-refractivity contribution in [2.75, 3.05) is 6.61 Å². The van der Waals surface area contributed by atoms with Crippen molar-refractivity contribution in [2.24, 2.45) is 23.7 Å². The Hall–Kier alpha value is -1.84. The van der Waals surface area contributed by atoms with Crippen LogP contribution in [0.5, 0.6) is 0 Å². The average Bonchev–Trinajstić information content (AvgIpc) is 2.77. The van der Waals surface area contributed by atoms with E-state index < -0.39 is 5.97 Å². The van der Waals surface area contributed by atoms with Gasteiger partial charge < -0.3 is 9.47 Å². The smallest absolute Gasteiger partial charge is 0.339 e. The molecule has 0 spiro atoms. The lowest BCUT2D eigenvalue weighted by atomic mass is 9.55. The van der Waals surface area contributed by atoms with Crippen molar-refractivity contribution in [1.82, 2.24) is 0 Å². The van der Waals surface area contributed by atoms with Gasteiger partial charge in [0.1, 0.15) is 6.10 Å². The van der Waals surface area contributed by atoms with Gasteiger partial charge in [0.25, 0.3) is 0 Å². The normalized spacial score (nSPS) is 28.5. The minimum absolute atomic E-state index is 0.0251. The summed E-state index contributed by atoms with van der Waals surface area (Å²) in [5.74, 6) is 1.93. The van der Waals surface area contributed by atoms with Gasteiger partial charge in [-0.2, -0.15) is 0 Å². The van der Waals surface area contributed by atoms with Crippen LogP contribution in [-0.4, -0.2) is 24.6 Å². The van der Waals surface area contributed by atoms with Gasteiger partial charge in [-0.15, -0.1) is 0 Å². The van der Waals surface area contributed by atoms with E-state index >= 15 is 0 Å². The fraction of sp³-hybridized carbons (Fsp3) is 0.704. The topological polar surface area (TPSA) is 52.6 Å². The Balaban J connectivity index is 1.28. The van der Waals surface area contributed by atoms with E-state index in [1.807, 2.05) is 0 Å². The maximum Gasteiger partial charge on any atom is 0.339 e. The van der Waals surface area contributed by atoms with Crippen LogP contribution in [0.25, 0.3) is 0 Å². The highest BCUT2D eigenvalue weighted by molar-refractivity contribution is 6.03. The van der Waals surface area contributed by atoms with Crippen molar-refractivity contribution >= 4 is 11.9 Å². The van der Waals surface area contributed by atoms with Gasteiger partial charge in [-0.25, -0.2) is 9.59 Å². The van der Waals surface area contributed by atoms with E-state index in [1.54, 1.807) is 24.3 Å². The van der Waals surface area contributed by atoms with Crippen molar-refractivity contribution in [2.45, 2.75) is 90.1 Å². The van der Waals surface area contributed by atoms with Crippen molar-refractivity contribution in [1.29, 1.82) is 0 Å². The van der Waals surface area contributed by atoms with E-state index in [4.69, 9.17) is 9.47 Å². The Kier molecular flexibility index (Phi) is 7.68. The fourth-order valence-electron chi connectivity index (χ4n) is 6.40. The number of hydrogen-bond acceptors (Lipinski definition) is 4. The monoisotopic (exact) mass is 426 g/mol. The number of ether oxygens (including phenoxy) is 2. The molecular formula is C27H38O4. The largest absolute Gasteiger partial charge is 0.462 e. The molecule has 0 atom stereocenters. The zero-order valence-electron chi connectivity index (χ0n) is 19.0. The molecule has 4 nitrogen and oxygen atoms in total. The Bertz CT molecular complexity index is 727. The van der Waals surface area contributed by atoms with Crippen LogP contribution in [0.3, 0.4) is 0 Å². The van der Waals surface area contributed by atoms with E-state index in [0.29, 0.717) is 29.6 Å². The third kappa shape index (κ3) is 5.51. The Morgan fingerprint density at radius 1 is 0.774 bits per heavy atom. The lowest BCUT2D eigenvalue weighted by Gasteiger charge is -2.53. The molecule has 4 aliphatic rings. The zero-order chi connectivity index (χ0) is 21.6. The summed E-state index contributed by atoms with van der Waals surface area (Å²) in [6.45, 7) is 2.63. The highest BCUT2D eigenvalue weighted by Gasteiger charge is 2.50. The summed E-state index contributed by atoms with van der Waals surface area (Å²) < 4.78 is 11.5. The summed E-state index contributed by atoms with van der Waals surface area (Å²) in [7, 11) is 0. The predicted octanol–water partition coefficient (Wildman–Crippen LogP) is 6.58. The number of benzene rings is 1. The van der Waals surface area contributed by atoms with Crippen molar-refractivity contribution in [3.8, 4) is 0 Å². The Labute approximate surface area is 187 Å². The highest BCUT2D eigenvalue weighted by atomic mass is 16.5. The molecule has 4 heteroatoms. The van der Waals surface area contributed by atoms with E-state index in [-0.39, 0.29) is 12.1 Å². The first-order chi connectivity index (χ1) is 15.2. The SMILES string of the molecule is CCCCCCCCCOC(=O)c1ccccc1C(=O)OC1C2CC3CC(C2)CC1C3. The Morgan fingerprint density at radius 2 is 1.32 bits per heavy atom. The van der Waals surface area contributed by atoms with Crippen LogP contribution in [0.1, 0.15) is 105 Å². The first-order valence-electron chi connectivity index (χ1n) is 12.6. The van der Waals surface area contributed by atoms with E-state index in [2.05, 4.69) is 6.92 Å². The van der Waals surface area contributed by atoms with Gasteiger partial charge in [-0.05, 0) is 74.3 Å². The lowest BCUT2D eigenvalue weighted by Crippen LogP contribution is -2.50. The maximum atomic E-state index is 13.0. The van der Waals surface area contributed by atoms with Crippen molar-refractivity contribution in [3.63, 3.8) is 0 Å². The number of esters is 2. The van der Waals surface area contributed by atoms with E-state index in [1.165, 1.54) is 64.2 Å². The molecule has 170 valence electrons. The molecule has 0 heterocycles. The van der Waals surface area contributed by atoms with Crippen molar-refractivity contribution < 1.29 is 19.1 Å². The maximum absolute atomic E-state index is 13.0. The van der Waals surface area contributed by atoms with Crippen LogP contribution in [0.2, 0.25) is 0 Å². The number of unbranched alkanes of at least 4 members (excludes halogenated alkanes) is 6. The predicted molar refractivity (Wildman–Crippen MR) is 121 cm³/mol. The second kappa shape index (κ2) is 10.7. The molecule has 4 fully saturated rings. The molecule has 5 rings (SSSR count). The highest BCUT2D eigenvalue weighted by Crippen LogP contribution is 2.54. The third-order valence-corrected chi connectivity index (χ3v) is 7.73. The van der Waals surface area contributed by atoms with Gasteiger partial charge in [-0.3, -0.25) is 0 Å². The van der Waals surface area contributed by atoms with Gasteiger partial charge in [0.15, 0.2) is 0 Å². The lowest BCUT2D eigenvalue weighted by molar-refractivity contribution is -0.101. The summed E-state index contributed by atoms with van der Waals surface area (Å²) in [6, 6.07) is 6.95. The summed E-state index contributed by atoms with van der Waals surface area (Å²) in [5, 5.41) is 0. The molecule has 31 heavy (non-hydrogen) atoms. The fourth-order valence-corrected chi connectivity index (χ4v) is 6.40.